The van der Waals surface area contributed by atoms with E-state index in [9.17, 15) is 9.59 Å². The Morgan fingerprint density at radius 3 is 3.08 bits per heavy atom. The molecule has 0 fully saturated rings. The zero-order valence-corrected chi connectivity index (χ0v) is 6.15. The minimum absolute atomic E-state index is 0.0116. The van der Waals surface area contributed by atoms with Gasteiger partial charge in [0, 0.05) is 13.0 Å². The van der Waals surface area contributed by atoms with Crippen molar-refractivity contribution in [1.29, 1.82) is 0 Å². The van der Waals surface area contributed by atoms with Gasteiger partial charge in [0.2, 0.25) is 0 Å². The molecule has 0 aliphatic carbocycles. The number of carbonyl (C=O) groups is 2. The van der Waals surface area contributed by atoms with Gasteiger partial charge in [-0.25, -0.2) is 4.79 Å². The van der Waals surface area contributed by atoms with E-state index >= 15 is 0 Å². The number of carboxylic acids is 1. The molecule has 0 unspecified atom stereocenters. The molecule has 1 N–H and O–H groups in total. The molecule has 5 nitrogen and oxygen atoms in total. The van der Waals surface area contributed by atoms with E-state index in [2.05, 4.69) is 5.10 Å². The molecule has 0 aromatic carbocycles. The van der Waals surface area contributed by atoms with Crippen molar-refractivity contribution in [3.05, 3.63) is 17.5 Å². The van der Waals surface area contributed by atoms with Crippen LogP contribution in [0.3, 0.4) is 0 Å². The predicted octanol–water partition coefficient (Wildman–Crippen LogP) is 0.168. The van der Waals surface area contributed by atoms with Crippen molar-refractivity contribution in [2.45, 2.75) is 13.0 Å². The lowest BCUT2D eigenvalue weighted by molar-refractivity contribution is 0.0692. The van der Waals surface area contributed by atoms with Crippen molar-refractivity contribution in [3.63, 3.8) is 0 Å². The molecule has 0 bridgehead atoms. The third-order valence-electron chi connectivity index (χ3n) is 1.88. The van der Waals surface area contributed by atoms with E-state index in [4.69, 9.17) is 5.11 Å². The number of carbonyl (C=O) groups excluding carboxylic acids is 1. The van der Waals surface area contributed by atoms with E-state index < -0.39 is 5.97 Å². The molecule has 0 saturated carbocycles. The van der Waals surface area contributed by atoms with Crippen molar-refractivity contribution in [3.8, 4) is 0 Å². The van der Waals surface area contributed by atoms with Gasteiger partial charge in [-0.1, -0.05) is 0 Å². The molecule has 2 heterocycles. The SMILES string of the molecule is O=C(O)c1cnn2c1C(=O)CC2. The summed E-state index contributed by atoms with van der Waals surface area (Å²) >= 11 is 0. The number of ketones is 1. The van der Waals surface area contributed by atoms with E-state index in [-0.39, 0.29) is 17.0 Å². The molecule has 1 aromatic rings. The van der Waals surface area contributed by atoms with Crippen LogP contribution in [0.1, 0.15) is 27.3 Å². The van der Waals surface area contributed by atoms with Gasteiger partial charge < -0.3 is 5.11 Å². The van der Waals surface area contributed by atoms with Gasteiger partial charge in [0.1, 0.15) is 11.3 Å². The van der Waals surface area contributed by atoms with Crippen LogP contribution in [-0.2, 0) is 6.54 Å². The smallest absolute Gasteiger partial charge is 0.339 e. The van der Waals surface area contributed by atoms with E-state index in [1.54, 1.807) is 0 Å². The van der Waals surface area contributed by atoms with E-state index in [1.807, 2.05) is 0 Å². The van der Waals surface area contributed by atoms with Crippen LogP contribution in [0, 0.1) is 0 Å². The van der Waals surface area contributed by atoms with Crippen molar-refractivity contribution in [2.24, 2.45) is 0 Å². The molecular weight excluding hydrogens is 160 g/mol. The number of rotatable bonds is 1. The second-order valence-electron chi connectivity index (χ2n) is 2.61. The highest BCUT2D eigenvalue weighted by Crippen LogP contribution is 2.17. The number of carboxylic acid groups (broad SMARTS) is 1. The Bertz CT molecular complexity index is 367. The molecule has 0 amide bonds. The third-order valence-corrected chi connectivity index (χ3v) is 1.88. The van der Waals surface area contributed by atoms with Crippen LogP contribution in [0.5, 0.6) is 0 Å². The average molecular weight is 166 g/mol. The Kier molecular flexibility index (Phi) is 1.27. The number of aryl methyl sites for hydroxylation is 1. The second-order valence-corrected chi connectivity index (χ2v) is 2.61. The van der Waals surface area contributed by atoms with E-state index in [0.29, 0.717) is 13.0 Å². The molecule has 0 atom stereocenters. The number of aromatic nitrogens is 2. The first-order valence-electron chi connectivity index (χ1n) is 3.52. The van der Waals surface area contributed by atoms with Gasteiger partial charge in [0.05, 0.1) is 6.20 Å². The van der Waals surface area contributed by atoms with Crippen molar-refractivity contribution in [1.82, 2.24) is 9.78 Å². The largest absolute Gasteiger partial charge is 0.478 e. The standard InChI is InChI=1S/C7H6N2O3/c10-5-1-2-9-6(5)4(3-8-9)7(11)12/h3H,1-2H2,(H,11,12). The zero-order valence-electron chi connectivity index (χ0n) is 6.15. The van der Waals surface area contributed by atoms with Gasteiger partial charge in [-0.3, -0.25) is 9.48 Å². The highest BCUT2D eigenvalue weighted by molar-refractivity contribution is 6.05. The molecule has 1 aliphatic heterocycles. The molecule has 0 saturated heterocycles. The summed E-state index contributed by atoms with van der Waals surface area (Å²) in [5.74, 6) is -1.23. The number of hydrogen-bond acceptors (Lipinski definition) is 3. The fraction of sp³-hybridized carbons (Fsp3) is 0.286. The van der Waals surface area contributed by atoms with Crippen LogP contribution in [0.15, 0.2) is 6.20 Å². The lowest BCUT2D eigenvalue weighted by atomic mass is 10.2. The maximum atomic E-state index is 11.1. The lowest BCUT2D eigenvalue weighted by Crippen LogP contribution is -2.03. The predicted molar refractivity (Wildman–Crippen MR) is 38.1 cm³/mol. The van der Waals surface area contributed by atoms with Crippen LogP contribution in [0.25, 0.3) is 0 Å². The fourth-order valence-corrected chi connectivity index (χ4v) is 1.33. The summed E-state index contributed by atoms with van der Waals surface area (Å²) in [5, 5.41) is 12.4. The summed E-state index contributed by atoms with van der Waals surface area (Å²) in [4.78, 5) is 21.7. The normalized spacial score (nSPS) is 14.8. The molecular formula is C7H6N2O3. The van der Waals surface area contributed by atoms with E-state index in [0.717, 1.165) is 0 Å². The monoisotopic (exact) mass is 166 g/mol. The van der Waals surface area contributed by atoms with Crippen LogP contribution in [0.2, 0.25) is 0 Å². The highest BCUT2D eigenvalue weighted by atomic mass is 16.4. The van der Waals surface area contributed by atoms with Gasteiger partial charge in [0.25, 0.3) is 0 Å². The molecule has 2 rings (SSSR count). The maximum Gasteiger partial charge on any atom is 0.339 e. The van der Waals surface area contributed by atoms with Gasteiger partial charge in [-0.15, -0.1) is 0 Å². The number of aromatic carboxylic acids is 1. The Morgan fingerprint density at radius 2 is 2.42 bits per heavy atom. The van der Waals surface area contributed by atoms with Crippen molar-refractivity contribution >= 4 is 11.8 Å². The second kappa shape index (κ2) is 2.17. The summed E-state index contributed by atoms with van der Waals surface area (Å²) in [5.41, 5.74) is 0.250. The summed E-state index contributed by atoms with van der Waals surface area (Å²) in [7, 11) is 0. The van der Waals surface area contributed by atoms with Gasteiger partial charge in [0.15, 0.2) is 5.78 Å². The molecule has 62 valence electrons. The van der Waals surface area contributed by atoms with E-state index in [1.165, 1.54) is 10.9 Å². The number of hydrogen-bond donors (Lipinski definition) is 1. The van der Waals surface area contributed by atoms with Gasteiger partial charge >= 0.3 is 5.97 Å². The summed E-state index contributed by atoms with van der Waals surface area (Å²) < 4.78 is 1.44. The lowest BCUT2D eigenvalue weighted by Gasteiger charge is -1.91. The first kappa shape index (κ1) is 7.02. The minimum atomic E-state index is -1.09. The van der Waals surface area contributed by atoms with Crippen LogP contribution in [0.4, 0.5) is 0 Å². The minimum Gasteiger partial charge on any atom is -0.478 e. The molecule has 1 aromatic heterocycles. The van der Waals surface area contributed by atoms with Gasteiger partial charge in [-0.2, -0.15) is 5.10 Å². The zero-order chi connectivity index (χ0) is 8.72. The number of nitrogens with zero attached hydrogens (tertiary/aromatic N) is 2. The molecule has 12 heavy (non-hydrogen) atoms. The maximum absolute atomic E-state index is 11.1. The van der Waals surface area contributed by atoms with Crippen molar-refractivity contribution in [2.75, 3.05) is 0 Å². The topological polar surface area (TPSA) is 72.2 Å². The average Bonchev–Trinajstić information content (AvgIpc) is 2.53. The molecule has 0 spiro atoms. The Morgan fingerprint density at radius 1 is 1.67 bits per heavy atom. The van der Waals surface area contributed by atoms with Crippen molar-refractivity contribution < 1.29 is 14.7 Å². The van der Waals surface area contributed by atoms with Gasteiger partial charge in [-0.05, 0) is 0 Å². The quantitative estimate of drug-likeness (QED) is 0.645. The summed E-state index contributed by atoms with van der Waals surface area (Å²) in [6.07, 6.45) is 1.58. The molecule has 1 aliphatic rings. The van der Waals surface area contributed by atoms with Crippen LogP contribution >= 0.6 is 0 Å². The number of fused-ring (bicyclic) bond motifs is 1. The molecule has 0 radical (unpaired) electrons. The summed E-state index contributed by atoms with van der Waals surface area (Å²) in [6, 6.07) is 0. The molecule has 5 heteroatoms. The number of Topliss-reactive ketones (excluding diaryl/α,β-unsaturated/α-hetero) is 1. The highest BCUT2D eigenvalue weighted by Gasteiger charge is 2.27. The summed E-state index contributed by atoms with van der Waals surface area (Å²) in [6.45, 7) is 0.501. The Balaban J connectivity index is 2.60. The first-order chi connectivity index (χ1) is 5.70. The fourth-order valence-electron chi connectivity index (χ4n) is 1.33. The van der Waals surface area contributed by atoms with Crippen LogP contribution < -0.4 is 0 Å². The Labute approximate surface area is 67.6 Å². The van der Waals surface area contributed by atoms with Crippen LogP contribution in [-0.4, -0.2) is 26.6 Å². The third kappa shape index (κ3) is 0.761. The Hall–Kier alpha value is -1.65. The first-order valence-corrected chi connectivity index (χ1v) is 3.52.